The minimum absolute atomic E-state index is 0.112. The zero-order valence-electron chi connectivity index (χ0n) is 14.8. The SMILES string of the molecule is Cc1nnc2sc(C(=O)N[C@H]3CCN(c4ccccc4)C3)c(N)c2c1C. The van der Waals surface area contributed by atoms with Crippen LogP contribution in [0.1, 0.15) is 27.3 Å². The van der Waals surface area contributed by atoms with Gasteiger partial charge in [0.2, 0.25) is 0 Å². The van der Waals surface area contributed by atoms with Crippen LogP contribution in [0.2, 0.25) is 0 Å². The molecule has 0 bridgehead atoms. The van der Waals surface area contributed by atoms with Gasteiger partial charge >= 0.3 is 0 Å². The van der Waals surface area contributed by atoms with E-state index in [4.69, 9.17) is 5.73 Å². The molecule has 3 N–H and O–H groups in total. The van der Waals surface area contributed by atoms with Crippen molar-refractivity contribution in [2.75, 3.05) is 23.7 Å². The summed E-state index contributed by atoms with van der Waals surface area (Å²) in [6, 6.07) is 10.4. The molecule has 1 aromatic carbocycles. The Morgan fingerprint density at radius 3 is 2.81 bits per heavy atom. The zero-order chi connectivity index (χ0) is 18.3. The summed E-state index contributed by atoms with van der Waals surface area (Å²) >= 11 is 1.31. The van der Waals surface area contributed by atoms with E-state index < -0.39 is 0 Å². The molecule has 134 valence electrons. The number of aromatic nitrogens is 2. The van der Waals surface area contributed by atoms with Crippen molar-refractivity contribution in [1.29, 1.82) is 0 Å². The Bertz CT molecular complexity index is 969. The Morgan fingerprint density at radius 1 is 1.27 bits per heavy atom. The number of thiophene rings is 1. The number of para-hydroxylation sites is 1. The van der Waals surface area contributed by atoms with Gasteiger partial charge in [-0.2, -0.15) is 5.10 Å². The number of nitrogens with zero attached hydrogens (tertiary/aromatic N) is 3. The van der Waals surface area contributed by atoms with Gasteiger partial charge in [-0.15, -0.1) is 16.4 Å². The van der Waals surface area contributed by atoms with Gasteiger partial charge in [-0.1, -0.05) is 18.2 Å². The van der Waals surface area contributed by atoms with Crippen molar-refractivity contribution >= 4 is 38.8 Å². The minimum atomic E-state index is -0.123. The molecule has 1 aliphatic heterocycles. The lowest BCUT2D eigenvalue weighted by molar-refractivity contribution is 0.0945. The summed E-state index contributed by atoms with van der Waals surface area (Å²) < 4.78 is 0. The average Bonchev–Trinajstić information content (AvgIpc) is 3.24. The predicted octanol–water partition coefficient (Wildman–Crippen LogP) is 2.90. The van der Waals surface area contributed by atoms with E-state index in [1.54, 1.807) is 0 Å². The summed E-state index contributed by atoms with van der Waals surface area (Å²) in [5.41, 5.74) is 9.79. The number of hydrogen-bond acceptors (Lipinski definition) is 6. The van der Waals surface area contributed by atoms with Gasteiger partial charge in [-0.3, -0.25) is 4.79 Å². The molecule has 2 aromatic heterocycles. The van der Waals surface area contributed by atoms with Gasteiger partial charge in [0.15, 0.2) is 0 Å². The number of aryl methyl sites for hydroxylation is 2. The molecule has 6 nitrogen and oxygen atoms in total. The van der Waals surface area contributed by atoms with Gasteiger partial charge in [-0.25, -0.2) is 0 Å². The number of nitrogens with two attached hydrogens (primary N) is 1. The lowest BCUT2D eigenvalue weighted by Crippen LogP contribution is -2.37. The third-order valence-electron chi connectivity index (χ3n) is 4.99. The fraction of sp³-hybridized carbons (Fsp3) is 0.316. The summed E-state index contributed by atoms with van der Waals surface area (Å²) in [7, 11) is 0. The van der Waals surface area contributed by atoms with E-state index >= 15 is 0 Å². The number of amides is 1. The van der Waals surface area contributed by atoms with E-state index in [2.05, 4.69) is 32.5 Å². The number of fused-ring (bicyclic) bond motifs is 1. The smallest absolute Gasteiger partial charge is 0.263 e. The number of hydrogen-bond donors (Lipinski definition) is 2. The summed E-state index contributed by atoms with van der Waals surface area (Å²) in [6.45, 7) is 5.60. The second-order valence-corrected chi connectivity index (χ2v) is 7.68. The second kappa shape index (κ2) is 6.57. The van der Waals surface area contributed by atoms with Gasteiger partial charge in [0.05, 0.1) is 11.4 Å². The third-order valence-corrected chi connectivity index (χ3v) is 6.07. The summed E-state index contributed by atoms with van der Waals surface area (Å²) in [5.74, 6) is -0.123. The Balaban J connectivity index is 1.52. The van der Waals surface area contributed by atoms with E-state index in [0.717, 1.165) is 36.2 Å². The molecule has 26 heavy (non-hydrogen) atoms. The molecule has 1 saturated heterocycles. The van der Waals surface area contributed by atoms with Gasteiger partial charge in [0.25, 0.3) is 5.91 Å². The third kappa shape index (κ3) is 2.88. The molecule has 1 atom stereocenters. The van der Waals surface area contributed by atoms with E-state index in [1.165, 1.54) is 17.0 Å². The van der Waals surface area contributed by atoms with Crippen LogP contribution < -0.4 is 16.0 Å². The molecule has 1 fully saturated rings. The monoisotopic (exact) mass is 367 g/mol. The zero-order valence-corrected chi connectivity index (χ0v) is 15.6. The van der Waals surface area contributed by atoms with Gasteiger partial charge in [0, 0.05) is 30.2 Å². The Labute approximate surface area is 156 Å². The maximum absolute atomic E-state index is 12.8. The molecule has 4 rings (SSSR count). The van der Waals surface area contributed by atoms with E-state index in [1.807, 2.05) is 32.0 Å². The normalized spacial score (nSPS) is 17.0. The minimum Gasteiger partial charge on any atom is -0.397 e. The number of anilines is 2. The molecular weight excluding hydrogens is 346 g/mol. The molecule has 7 heteroatoms. The highest BCUT2D eigenvalue weighted by atomic mass is 32.1. The fourth-order valence-electron chi connectivity index (χ4n) is 3.41. The summed E-state index contributed by atoms with van der Waals surface area (Å²) in [4.78, 5) is 16.3. The maximum atomic E-state index is 12.8. The van der Waals surface area contributed by atoms with Crippen LogP contribution >= 0.6 is 11.3 Å². The second-order valence-electron chi connectivity index (χ2n) is 6.68. The number of benzene rings is 1. The van der Waals surface area contributed by atoms with Gasteiger partial charge in [0.1, 0.15) is 9.71 Å². The predicted molar refractivity (Wildman–Crippen MR) is 106 cm³/mol. The highest BCUT2D eigenvalue weighted by molar-refractivity contribution is 7.21. The van der Waals surface area contributed by atoms with Crippen molar-refractivity contribution in [2.24, 2.45) is 0 Å². The van der Waals surface area contributed by atoms with Gasteiger partial charge in [-0.05, 0) is 38.0 Å². The molecule has 0 radical (unpaired) electrons. The largest absolute Gasteiger partial charge is 0.397 e. The van der Waals surface area contributed by atoms with E-state index in [0.29, 0.717) is 15.4 Å². The standard InChI is InChI=1S/C19H21N5OS/c1-11-12(2)22-23-19-15(11)16(20)17(26-19)18(25)21-13-8-9-24(10-13)14-6-4-3-5-7-14/h3-7,13H,8-10,20H2,1-2H3,(H,21,25)/t13-/m0/s1. The van der Waals surface area contributed by atoms with E-state index in [9.17, 15) is 4.79 Å². The highest BCUT2D eigenvalue weighted by Gasteiger charge is 2.27. The van der Waals surface area contributed by atoms with Crippen molar-refractivity contribution in [3.8, 4) is 0 Å². The van der Waals surface area contributed by atoms with Crippen LogP contribution in [0.5, 0.6) is 0 Å². The first kappa shape index (κ1) is 16.8. The molecule has 1 aliphatic rings. The van der Waals surface area contributed by atoms with Crippen molar-refractivity contribution in [2.45, 2.75) is 26.3 Å². The number of carbonyl (C=O) groups is 1. The molecular formula is C19H21N5OS. The first-order valence-corrected chi connectivity index (χ1v) is 9.49. The van der Waals surface area contributed by atoms with Crippen LogP contribution in [-0.4, -0.2) is 35.2 Å². The van der Waals surface area contributed by atoms with Crippen LogP contribution in [0.4, 0.5) is 11.4 Å². The molecule has 0 saturated carbocycles. The molecule has 3 heterocycles. The Hall–Kier alpha value is -2.67. The fourth-order valence-corrected chi connectivity index (χ4v) is 4.42. The van der Waals surface area contributed by atoms with Crippen LogP contribution in [0, 0.1) is 13.8 Å². The quantitative estimate of drug-likeness (QED) is 0.744. The van der Waals surface area contributed by atoms with Crippen LogP contribution in [0.25, 0.3) is 10.2 Å². The van der Waals surface area contributed by atoms with Crippen LogP contribution in [-0.2, 0) is 0 Å². The van der Waals surface area contributed by atoms with E-state index in [-0.39, 0.29) is 11.9 Å². The Morgan fingerprint density at radius 2 is 2.04 bits per heavy atom. The average molecular weight is 367 g/mol. The number of rotatable bonds is 3. The highest BCUT2D eigenvalue weighted by Crippen LogP contribution is 2.35. The van der Waals surface area contributed by atoms with Gasteiger partial charge < -0.3 is 16.0 Å². The first-order chi connectivity index (χ1) is 12.5. The first-order valence-electron chi connectivity index (χ1n) is 8.67. The number of nitrogen functional groups attached to an aromatic ring is 1. The van der Waals surface area contributed by atoms with Crippen LogP contribution in [0.3, 0.4) is 0 Å². The lowest BCUT2D eigenvalue weighted by atomic mass is 10.1. The number of nitrogens with one attached hydrogen (secondary N) is 1. The molecule has 0 unspecified atom stereocenters. The van der Waals surface area contributed by atoms with Crippen molar-refractivity contribution < 1.29 is 4.79 Å². The maximum Gasteiger partial charge on any atom is 0.263 e. The van der Waals surface area contributed by atoms with Crippen molar-refractivity contribution in [3.05, 3.63) is 46.5 Å². The summed E-state index contributed by atoms with van der Waals surface area (Å²) in [5, 5.41) is 12.3. The van der Waals surface area contributed by atoms with Crippen LogP contribution in [0.15, 0.2) is 30.3 Å². The molecule has 0 spiro atoms. The molecule has 0 aliphatic carbocycles. The lowest BCUT2D eigenvalue weighted by Gasteiger charge is -2.18. The summed E-state index contributed by atoms with van der Waals surface area (Å²) in [6.07, 6.45) is 0.920. The molecule has 3 aromatic rings. The van der Waals surface area contributed by atoms with Crippen molar-refractivity contribution in [1.82, 2.24) is 15.5 Å². The Kier molecular flexibility index (Phi) is 4.24. The van der Waals surface area contributed by atoms with Crippen molar-refractivity contribution in [3.63, 3.8) is 0 Å². The topological polar surface area (TPSA) is 84.1 Å². The number of carbonyl (C=O) groups excluding carboxylic acids is 1. The molecule has 1 amide bonds.